The van der Waals surface area contributed by atoms with Crippen molar-refractivity contribution in [2.75, 3.05) is 5.43 Å². The van der Waals surface area contributed by atoms with Crippen molar-refractivity contribution in [2.45, 2.75) is 6.92 Å². The van der Waals surface area contributed by atoms with Crippen LogP contribution in [0.3, 0.4) is 0 Å². The summed E-state index contributed by atoms with van der Waals surface area (Å²) in [6, 6.07) is 10.9. The van der Waals surface area contributed by atoms with E-state index in [1.807, 2.05) is 31.2 Å². The number of benzene rings is 1. The second-order valence-corrected chi connectivity index (χ2v) is 4.55. The Kier molecular flexibility index (Phi) is 4.18. The molecule has 1 N–H and O–H groups in total. The first-order valence-corrected chi connectivity index (χ1v) is 6.08. The van der Waals surface area contributed by atoms with Gasteiger partial charge in [0, 0.05) is 27.4 Å². The maximum absolute atomic E-state index is 6.00. The summed E-state index contributed by atoms with van der Waals surface area (Å²) >= 11 is 11.9. The second kappa shape index (κ2) is 5.85. The minimum Gasteiger partial charge on any atom is -0.261 e. The third-order valence-corrected chi connectivity index (χ3v) is 2.77. The fraction of sp³-hybridized carbons (Fsp3) is 0.0769. The van der Waals surface area contributed by atoms with Crippen LogP contribution in [0.4, 0.5) is 5.82 Å². The van der Waals surface area contributed by atoms with Gasteiger partial charge in [0.05, 0.1) is 6.21 Å². The van der Waals surface area contributed by atoms with Crippen LogP contribution in [0.5, 0.6) is 0 Å². The Labute approximate surface area is 115 Å². The molecule has 3 nitrogen and oxygen atoms in total. The van der Waals surface area contributed by atoms with Gasteiger partial charge in [-0.25, -0.2) is 4.98 Å². The number of hydrogen-bond acceptors (Lipinski definition) is 3. The molecule has 0 aliphatic carbocycles. The Morgan fingerprint density at radius 3 is 2.72 bits per heavy atom. The summed E-state index contributed by atoms with van der Waals surface area (Å²) < 4.78 is 0. The Balaban J connectivity index is 2.10. The molecule has 5 heteroatoms. The van der Waals surface area contributed by atoms with E-state index in [1.165, 1.54) is 0 Å². The molecule has 0 radical (unpaired) electrons. The highest BCUT2D eigenvalue weighted by molar-refractivity contribution is 6.33. The van der Waals surface area contributed by atoms with Gasteiger partial charge in [0.1, 0.15) is 5.82 Å². The van der Waals surface area contributed by atoms with Crippen LogP contribution >= 0.6 is 23.2 Å². The van der Waals surface area contributed by atoms with Crippen LogP contribution < -0.4 is 5.43 Å². The molecule has 0 unspecified atom stereocenters. The van der Waals surface area contributed by atoms with Crippen molar-refractivity contribution in [3.05, 3.63) is 57.7 Å². The lowest BCUT2D eigenvalue weighted by Crippen LogP contribution is -1.95. The zero-order valence-corrected chi connectivity index (χ0v) is 11.2. The van der Waals surface area contributed by atoms with Gasteiger partial charge in [-0.3, -0.25) is 5.43 Å². The SMILES string of the molecule is Cc1cc(Cl)cc(N/N=C/c2ccccc2Cl)n1. The van der Waals surface area contributed by atoms with Gasteiger partial charge in [-0.15, -0.1) is 0 Å². The van der Waals surface area contributed by atoms with Gasteiger partial charge in [0.2, 0.25) is 0 Å². The van der Waals surface area contributed by atoms with Gasteiger partial charge in [-0.05, 0) is 19.1 Å². The largest absolute Gasteiger partial charge is 0.261 e. The van der Waals surface area contributed by atoms with Gasteiger partial charge in [-0.1, -0.05) is 41.4 Å². The lowest BCUT2D eigenvalue weighted by molar-refractivity contribution is 1.16. The van der Waals surface area contributed by atoms with Crippen molar-refractivity contribution < 1.29 is 0 Å². The Bertz CT molecular complexity index is 562. The average Bonchev–Trinajstić information content (AvgIpc) is 2.30. The quantitative estimate of drug-likeness (QED) is 0.677. The number of anilines is 1. The second-order valence-electron chi connectivity index (χ2n) is 3.70. The highest BCUT2D eigenvalue weighted by Crippen LogP contribution is 2.15. The molecule has 0 bridgehead atoms. The van der Waals surface area contributed by atoms with E-state index in [-0.39, 0.29) is 0 Å². The number of aryl methyl sites for hydroxylation is 1. The molecule has 0 saturated heterocycles. The Morgan fingerprint density at radius 2 is 2.00 bits per heavy atom. The summed E-state index contributed by atoms with van der Waals surface area (Å²) in [5.74, 6) is 0.600. The number of nitrogens with one attached hydrogen (secondary N) is 1. The molecule has 0 spiro atoms. The van der Waals surface area contributed by atoms with Crippen LogP contribution in [0.15, 0.2) is 41.5 Å². The first kappa shape index (κ1) is 12.9. The average molecular weight is 280 g/mol. The molecule has 2 rings (SSSR count). The number of halogens is 2. The van der Waals surface area contributed by atoms with E-state index in [2.05, 4.69) is 15.5 Å². The van der Waals surface area contributed by atoms with Gasteiger partial charge in [0.15, 0.2) is 0 Å². The monoisotopic (exact) mass is 279 g/mol. The highest BCUT2D eigenvalue weighted by atomic mass is 35.5. The summed E-state index contributed by atoms with van der Waals surface area (Å²) in [6.07, 6.45) is 1.64. The van der Waals surface area contributed by atoms with Crippen LogP contribution in [0.2, 0.25) is 10.0 Å². The Hall–Kier alpha value is -1.58. The molecular weight excluding hydrogens is 269 g/mol. The van der Waals surface area contributed by atoms with Crippen molar-refractivity contribution in [3.63, 3.8) is 0 Å². The van der Waals surface area contributed by atoms with Gasteiger partial charge in [0.25, 0.3) is 0 Å². The van der Waals surface area contributed by atoms with Crippen molar-refractivity contribution in [1.29, 1.82) is 0 Å². The molecule has 1 heterocycles. The normalized spacial score (nSPS) is 10.8. The number of aromatic nitrogens is 1. The molecule has 0 amide bonds. The number of hydrazone groups is 1. The van der Waals surface area contributed by atoms with Gasteiger partial charge >= 0.3 is 0 Å². The fourth-order valence-electron chi connectivity index (χ4n) is 1.43. The first-order valence-electron chi connectivity index (χ1n) is 5.33. The van der Waals surface area contributed by atoms with Crippen LogP contribution in [0, 0.1) is 6.92 Å². The zero-order chi connectivity index (χ0) is 13.0. The molecule has 0 atom stereocenters. The third-order valence-electron chi connectivity index (χ3n) is 2.21. The zero-order valence-electron chi connectivity index (χ0n) is 9.69. The van der Waals surface area contributed by atoms with E-state index in [9.17, 15) is 0 Å². The summed E-state index contributed by atoms with van der Waals surface area (Å²) in [6.45, 7) is 1.87. The molecular formula is C13H11Cl2N3. The van der Waals surface area contributed by atoms with Crippen LogP contribution in [-0.4, -0.2) is 11.2 Å². The van der Waals surface area contributed by atoms with E-state index in [0.717, 1.165) is 11.3 Å². The van der Waals surface area contributed by atoms with Crippen molar-refractivity contribution in [1.82, 2.24) is 4.98 Å². The van der Waals surface area contributed by atoms with E-state index >= 15 is 0 Å². The summed E-state index contributed by atoms with van der Waals surface area (Å²) in [4.78, 5) is 4.25. The smallest absolute Gasteiger partial charge is 0.147 e. The molecule has 0 aliphatic rings. The molecule has 1 aromatic heterocycles. The molecule has 18 heavy (non-hydrogen) atoms. The van der Waals surface area contributed by atoms with Crippen LogP contribution in [-0.2, 0) is 0 Å². The van der Waals surface area contributed by atoms with Crippen molar-refractivity contribution in [3.8, 4) is 0 Å². The maximum Gasteiger partial charge on any atom is 0.147 e. The minimum absolute atomic E-state index is 0.600. The lowest BCUT2D eigenvalue weighted by Gasteiger charge is -2.02. The van der Waals surface area contributed by atoms with Crippen molar-refractivity contribution >= 4 is 35.2 Å². The molecule has 0 fully saturated rings. The summed E-state index contributed by atoms with van der Waals surface area (Å²) in [5, 5.41) is 5.35. The third kappa shape index (κ3) is 3.45. The molecule has 0 aliphatic heterocycles. The topological polar surface area (TPSA) is 37.3 Å². The van der Waals surface area contributed by atoms with Crippen molar-refractivity contribution in [2.24, 2.45) is 5.10 Å². The van der Waals surface area contributed by atoms with E-state index in [4.69, 9.17) is 23.2 Å². The number of rotatable bonds is 3. The summed E-state index contributed by atoms with van der Waals surface area (Å²) in [5.41, 5.74) is 4.49. The summed E-state index contributed by atoms with van der Waals surface area (Å²) in [7, 11) is 0. The molecule has 1 aromatic carbocycles. The molecule has 0 saturated carbocycles. The predicted octanol–water partition coefficient (Wildman–Crippen LogP) is 4.14. The lowest BCUT2D eigenvalue weighted by atomic mass is 10.2. The fourth-order valence-corrected chi connectivity index (χ4v) is 1.88. The molecule has 92 valence electrons. The van der Waals surface area contributed by atoms with Crippen LogP contribution in [0.25, 0.3) is 0 Å². The highest BCUT2D eigenvalue weighted by Gasteiger charge is 1.97. The standard InChI is InChI=1S/C13H11Cl2N3/c1-9-6-11(14)7-13(17-9)18-16-8-10-4-2-3-5-12(10)15/h2-8H,1H3,(H,17,18)/b16-8+. The maximum atomic E-state index is 6.00. The number of hydrogen-bond donors (Lipinski definition) is 1. The minimum atomic E-state index is 0.600. The van der Waals surface area contributed by atoms with E-state index < -0.39 is 0 Å². The van der Waals surface area contributed by atoms with Gasteiger partial charge < -0.3 is 0 Å². The Morgan fingerprint density at radius 1 is 1.22 bits per heavy atom. The molecule has 2 aromatic rings. The van der Waals surface area contributed by atoms with Gasteiger partial charge in [-0.2, -0.15) is 5.10 Å². The number of pyridine rings is 1. The first-order chi connectivity index (χ1) is 8.65. The number of nitrogens with zero attached hydrogens (tertiary/aromatic N) is 2. The predicted molar refractivity (Wildman–Crippen MR) is 76.7 cm³/mol. The van der Waals surface area contributed by atoms with Crippen LogP contribution in [0.1, 0.15) is 11.3 Å². The van der Waals surface area contributed by atoms with E-state index in [0.29, 0.717) is 15.9 Å². The van der Waals surface area contributed by atoms with E-state index in [1.54, 1.807) is 18.3 Å².